The van der Waals surface area contributed by atoms with Gasteiger partial charge in [0.2, 0.25) is 0 Å². The topological polar surface area (TPSA) is 60.3 Å². The van der Waals surface area contributed by atoms with Crippen LogP contribution in [0.5, 0.6) is 0 Å². The van der Waals surface area contributed by atoms with Gasteiger partial charge in [0.05, 0.1) is 0 Å². The lowest BCUT2D eigenvalue weighted by Crippen LogP contribution is -2.26. The highest BCUT2D eigenvalue weighted by atomic mass is 16.5. The van der Waals surface area contributed by atoms with Gasteiger partial charge >= 0.3 is 0 Å². The van der Waals surface area contributed by atoms with Gasteiger partial charge in [0, 0.05) is 39.1 Å². The van der Waals surface area contributed by atoms with Crippen LogP contribution in [0, 0.1) is 0 Å². The molecule has 0 aliphatic carbocycles. The molecule has 5 heteroatoms. The van der Waals surface area contributed by atoms with E-state index in [2.05, 4.69) is 5.32 Å². The van der Waals surface area contributed by atoms with Crippen LogP contribution in [0.1, 0.15) is 34.2 Å². The van der Waals surface area contributed by atoms with Gasteiger partial charge in [-0.25, -0.2) is 0 Å². The lowest BCUT2D eigenvalue weighted by Gasteiger charge is -2.05. The average Bonchev–Trinajstić information content (AvgIpc) is 2.67. The van der Waals surface area contributed by atoms with Gasteiger partial charge in [0.15, 0.2) is 5.78 Å². The summed E-state index contributed by atoms with van der Waals surface area (Å²) in [5.41, 5.74) is 1.04. The van der Waals surface area contributed by atoms with Crippen LogP contribution in [0.4, 0.5) is 0 Å². The third-order valence-electron chi connectivity index (χ3n) is 2.45. The third kappa shape index (κ3) is 3.71. The number of hydrogen-bond donors (Lipinski definition) is 1. The van der Waals surface area contributed by atoms with E-state index in [4.69, 9.17) is 4.74 Å². The number of methoxy groups -OCH3 is 1. The molecule has 0 bridgehead atoms. The molecule has 0 aliphatic rings. The molecule has 0 aliphatic heterocycles. The number of carbonyl (C=O) groups is 2. The zero-order chi connectivity index (χ0) is 12.8. The van der Waals surface area contributed by atoms with Gasteiger partial charge in [-0.15, -0.1) is 0 Å². The maximum Gasteiger partial charge on any atom is 0.267 e. The highest BCUT2D eigenvalue weighted by Gasteiger charge is 2.12. The quantitative estimate of drug-likeness (QED) is 0.594. The summed E-state index contributed by atoms with van der Waals surface area (Å²) >= 11 is 0. The van der Waals surface area contributed by atoms with Gasteiger partial charge in [-0.05, 0) is 19.4 Å². The number of nitrogens with zero attached hydrogens (tertiary/aromatic N) is 1. The fraction of sp³-hybridized carbons (Fsp3) is 0.500. The van der Waals surface area contributed by atoms with E-state index in [1.54, 1.807) is 31.0 Å². The molecule has 0 spiro atoms. The molecule has 1 aromatic rings. The summed E-state index contributed by atoms with van der Waals surface area (Å²) in [6, 6.07) is 1.61. The molecule has 1 N–H and O–H groups in total. The van der Waals surface area contributed by atoms with Crippen molar-refractivity contribution in [2.45, 2.75) is 13.3 Å². The second kappa shape index (κ2) is 6.20. The number of aryl methyl sites for hydroxylation is 1. The molecule has 0 unspecified atom stereocenters. The smallest absolute Gasteiger partial charge is 0.267 e. The second-order valence-corrected chi connectivity index (χ2v) is 3.88. The molecule has 94 valence electrons. The van der Waals surface area contributed by atoms with Crippen molar-refractivity contribution in [2.24, 2.45) is 7.05 Å². The van der Waals surface area contributed by atoms with Crippen LogP contribution in [-0.4, -0.2) is 36.5 Å². The van der Waals surface area contributed by atoms with E-state index in [1.165, 1.54) is 6.92 Å². The number of rotatable bonds is 6. The number of nitrogens with one attached hydrogen (secondary N) is 1. The number of Topliss-reactive ketones (excluding diaryl/α,β-unsaturated/α-hetero) is 1. The molecule has 5 nitrogen and oxygen atoms in total. The monoisotopic (exact) mass is 238 g/mol. The van der Waals surface area contributed by atoms with Crippen LogP contribution in [0.3, 0.4) is 0 Å². The number of hydrogen-bond acceptors (Lipinski definition) is 3. The predicted molar refractivity (Wildman–Crippen MR) is 64.2 cm³/mol. The minimum atomic E-state index is -0.170. The highest BCUT2D eigenvalue weighted by Crippen LogP contribution is 2.07. The molecular weight excluding hydrogens is 220 g/mol. The first kappa shape index (κ1) is 13.4. The van der Waals surface area contributed by atoms with Crippen LogP contribution < -0.4 is 5.32 Å². The van der Waals surface area contributed by atoms with Gasteiger partial charge in [0.1, 0.15) is 5.69 Å². The van der Waals surface area contributed by atoms with Crippen molar-refractivity contribution in [2.75, 3.05) is 20.3 Å². The SMILES string of the molecule is COCCCNC(=O)c1cc(C(C)=O)cn1C. The summed E-state index contributed by atoms with van der Waals surface area (Å²) in [6.45, 7) is 2.66. The maximum absolute atomic E-state index is 11.8. The molecule has 0 fully saturated rings. The number of carbonyl (C=O) groups excluding carboxylic acids is 2. The van der Waals surface area contributed by atoms with Crippen LogP contribution in [0.2, 0.25) is 0 Å². The number of aromatic nitrogens is 1. The van der Waals surface area contributed by atoms with E-state index in [-0.39, 0.29) is 11.7 Å². The Bertz CT molecular complexity index is 410. The fourth-order valence-corrected chi connectivity index (χ4v) is 1.49. The van der Waals surface area contributed by atoms with Crippen molar-refractivity contribution in [3.05, 3.63) is 23.5 Å². The predicted octanol–water partition coefficient (Wildman–Crippen LogP) is 0.994. The summed E-state index contributed by atoms with van der Waals surface area (Å²) in [6.07, 6.45) is 2.43. The van der Waals surface area contributed by atoms with E-state index in [1.807, 2.05) is 0 Å². The minimum Gasteiger partial charge on any atom is -0.385 e. The van der Waals surface area contributed by atoms with E-state index < -0.39 is 0 Å². The van der Waals surface area contributed by atoms with Crippen LogP contribution in [0.25, 0.3) is 0 Å². The Kier molecular flexibility index (Phi) is 4.90. The molecule has 0 radical (unpaired) electrons. The van der Waals surface area contributed by atoms with Gasteiger partial charge in [-0.1, -0.05) is 0 Å². The number of ketones is 1. The molecule has 17 heavy (non-hydrogen) atoms. The van der Waals surface area contributed by atoms with E-state index in [0.717, 1.165) is 6.42 Å². The molecule has 0 saturated heterocycles. The lowest BCUT2D eigenvalue weighted by atomic mass is 10.2. The standard InChI is InChI=1S/C12H18N2O3/c1-9(15)10-7-11(14(2)8-10)12(16)13-5-4-6-17-3/h7-8H,4-6H2,1-3H3,(H,13,16). The summed E-state index contributed by atoms with van der Waals surface area (Å²) in [5.74, 6) is -0.213. The summed E-state index contributed by atoms with van der Waals surface area (Å²) in [4.78, 5) is 23.0. The maximum atomic E-state index is 11.8. The molecule has 0 atom stereocenters. The molecule has 0 aromatic carbocycles. The Hall–Kier alpha value is -1.62. The van der Waals surface area contributed by atoms with Crippen LogP contribution >= 0.6 is 0 Å². The molecular formula is C12H18N2O3. The molecule has 1 heterocycles. The largest absolute Gasteiger partial charge is 0.385 e. The lowest BCUT2D eigenvalue weighted by molar-refractivity contribution is 0.0940. The van der Waals surface area contributed by atoms with Crippen molar-refractivity contribution >= 4 is 11.7 Å². The van der Waals surface area contributed by atoms with Gasteiger partial charge < -0.3 is 14.6 Å². The van der Waals surface area contributed by atoms with Crippen molar-refractivity contribution in [3.63, 3.8) is 0 Å². The molecule has 0 saturated carbocycles. The van der Waals surface area contributed by atoms with Crippen LogP contribution in [-0.2, 0) is 11.8 Å². The van der Waals surface area contributed by atoms with E-state index >= 15 is 0 Å². The Morgan fingerprint density at radius 3 is 2.71 bits per heavy atom. The highest BCUT2D eigenvalue weighted by molar-refractivity contribution is 5.99. The first-order chi connectivity index (χ1) is 8.06. The Morgan fingerprint density at radius 1 is 1.47 bits per heavy atom. The Morgan fingerprint density at radius 2 is 2.18 bits per heavy atom. The zero-order valence-electron chi connectivity index (χ0n) is 10.4. The third-order valence-corrected chi connectivity index (χ3v) is 2.45. The molecule has 1 rings (SSSR count). The normalized spacial score (nSPS) is 10.3. The van der Waals surface area contributed by atoms with Crippen molar-refractivity contribution in [1.29, 1.82) is 0 Å². The zero-order valence-corrected chi connectivity index (χ0v) is 10.4. The Labute approximate surface area is 101 Å². The van der Waals surface area contributed by atoms with E-state index in [9.17, 15) is 9.59 Å². The van der Waals surface area contributed by atoms with Gasteiger partial charge in [0.25, 0.3) is 5.91 Å². The summed E-state index contributed by atoms with van der Waals surface area (Å²) in [5, 5.41) is 2.78. The van der Waals surface area contributed by atoms with Gasteiger partial charge in [-0.3, -0.25) is 9.59 Å². The molecule has 1 amide bonds. The molecule has 1 aromatic heterocycles. The number of ether oxygens (including phenoxy) is 1. The average molecular weight is 238 g/mol. The van der Waals surface area contributed by atoms with Crippen molar-refractivity contribution < 1.29 is 14.3 Å². The van der Waals surface area contributed by atoms with Crippen molar-refractivity contribution in [3.8, 4) is 0 Å². The summed E-state index contributed by atoms with van der Waals surface area (Å²) in [7, 11) is 3.37. The fourth-order valence-electron chi connectivity index (χ4n) is 1.49. The Balaban J connectivity index is 2.59. The number of amides is 1. The second-order valence-electron chi connectivity index (χ2n) is 3.88. The first-order valence-corrected chi connectivity index (χ1v) is 5.50. The van der Waals surface area contributed by atoms with Crippen molar-refractivity contribution in [1.82, 2.24) is 9.88 Å². The summed E-state index contributed by atoms with van der Waals surface area (Å²) < 4.78 is 6.54. The van der Waals surface area contributed by atoms with Gasteiger partial charge in [-0.2, -0.15) is 0 Å². The minimum absolute atomic E-state index is 0.0426. The first-order valence-electron chi connectivity index (χ1n) is 5.50. The van der Waals surface area contributed by atoms with Crippen LogP contribution in [0.15, 0.2) is 12.3 Å². The van der Waals surface area contributed by atoms with E-state index in [0.29, 0.717) is 24.4 Å².